The van der Waals surface area contributed by atoms with Crippen LogP contribution in [0.1, 0.15) is 42.4 Å². The Bertz CT molecular complexity index is 1710. The van der Waals surface area contributed by atoms with Crippen LogP contribution in [0.4, 0.5) is 5.69 Å². The molecule has 0 aliphatic heterocycles. The van der Waals surface area contributed by atoms with Gasteiger partial charge in [0.2, 0.25) is 11.8 Å². The molecule has 2 amide bonds. The third-order valence-corrected chi connectivity index (χ3v) is 10.4. The summed E-state index contributed by atoms with van der Waals surface area (Å²) in [6, 6.07) is 31.0. The number of rotatable bonds is 12. The number of nitrogens with zero attached hydrogens (tertiary/aromatic N) is 2. The minimum atomic E-state index is -4.21. The summed E-state index contributed by atoms with van der Waals surface area (Å²) in [5.41, 5.74) is 2.91. The van der Waals surface area contributed by atoms with Crippen LogP contribution in [0.2, 0.25) is 5.02 Å². The van der Waals surface area contributed by atoms with E-state index in [1.54, 1.807) is 42.5 Å². The number of para-hydroxylation sites is 1. The lowest BCUT2D eigenvalue weighted by Crippen LogP contribution is -2.54. The van der Waals surface area contributed by atoms with E-state index in [-0.39, 0.29) is 40.5 Å². The molecule has 0 spiro atoms. The standard InChI is InChI=1S/C36H38ClN3O4S/c1-27-14-8-9-17-29(27)25-39(34(24-28-15-4-2-5-16-28)36(42)38-30-18-10-11-19-30)35(41)26-40(33-23-13-12-22-32(33)37)45(43,44)31-20-6-3-7-21-31/h2-9,12-17,20-23,30,34H,10-11,18-19,24-26H2,1H3,(H,38,42)/t34-/m1/s1. The van der Waals surface area contributed by atoms with Crippen LogP contribution in [-0.2, 0) is 32.6 Å². The maximum atomic E-state index is 14.6. The molecule has 0 bridgehead atoms. The molecule has 0 saturated heterocycles. The van der Waals surface area contributed by atoms with Crippen molar-refractivity contribution in [3.63, 3.8) is 0 Å². The van der Waals surface area contributed by atoms with Gasteiger partial charge in [0.05, 0.1) is 15.6 Å². The van der Waals surface area contributed by atoms with Gasteiger partial charge in [-0.25, -0.2) is 8.42 Å². The maximum Gasteiger partial charge on any atom is 0.264 e. The Hall–Kier alpha value is -4.14. The summed E-state index contributed by atoms with van der Waals surface area (Å²) in [5, 5.41) is 3.39. The highest BCUT2D eigenvalue weighted by atomic mass is 35.5. The van der Waals surface area contributed by atoms with Gasteiger partial charge in [-0.2, -0.15) is 0 Å². The Morgan fingerprint density at radius 3 is 2.11 bits per heavy atom. The van der Waals surface area contributed by atoms with E-state index in [1.807, 2.05) is 61.5 Å². The summed E-state index contributed by atoms with van der Waals surface area (Å²) in [4.78, 5) is 30.3. The van der Waals surface area contributed by atoms with Crippen molar-refractivity contribution in [2.45, 2.75) is 62.6 Å². The van der Waals surface area contributed by atoms with Gasteiger partial charge in [0.15, 0.2) is 0 Å². The lowest BCUT2D eigenvalue weighted by molar-refractivity contribution is -0.140. The van der Waals surface area contributed by atoms with E-state index in [0.717, 1.165) is 46.7 Å². The van der Waals surface area contributed by atoms with E-state index in [4.69, 9.17) is 11.6 Å². The number of hydrogen-bond acceptors (Lipinski definition) is 4. The molecule has 1 aliphatic carbocycles. The van der Waals surface area contributed by atoms with E-state index in [1.165, 1.54) is 17.0 Å². The molecule has 234 valence electrons. The summed E-state index contributed by atoms with van der Waals surface area (Å²) in [6.45, 7) is 1.54. The Labute approximate surface area is 270 Å². The molecule has 1 N–H and O–H groups in total. The number of aryl methyl sites for hydroxylation is 1. The summed E-state index contributed by atoms with van der Waals surface area (Å²) in [5.74, 6) is -0.761. The Morgan fingerprint density at radius 2 is 1.44 bits per heavy atom. The van der Waals surface area contributed by atoms with Crippen molar-refractivity contribution in [1.82, 2.24) is 10.2 Å². The molecule has 0 heterocycles. The third kappa shape index (κ3) is 7.93. The van der Waals surface area contributed by atoms with Gasteiger partial charge in [0.25, 0.3) is 10.0 Å². The lowest BCUT2D eigenvalue weighted by Gasteiger charge is -2.34. The van der Waals surface area contributed by atoms with Gasteiger partial charge < -0.3 is 10.2 Å². The van der Waals surface area contributed by atoms with Crippen molar-refractivity contribution < 1.29 is 18.0 Å². The zero-order valence-electron chi connectivity index (χ0n) is 25.3. The molecule has 1 atom stereocenters. The molecule has 1 fully saturated rings. The zero-order chi connectivity index (χ0) is 31.8. The average molecular weight is 644 g/mol. The first-order valence-corrected chi connectivity index (χ1v) is 17.1. The molecule has 5 rings (SSSR count). The highest BCUT2D eigenvalue weighted by molar-refractivity contribution is 7.92. The van der Waals surface area contributed by atoms with Gasteiger partial charge in [-0.3, -0.25) is 13.9 Å². The van der Waals surface area contributed by atoms with Gasteiger partial charge in [-0.05, 0) is 60.7 Å². The largest absolute Gasteiger partial charge is 0.352 e. The predicted molar refractivity (Wildman–Crippen MR) is 178 cm³/mol. The van der Waals surface area contributed by atoms with Crippen molar-refractivity contribution in [2.24, 2.45) is 0 Å². The van der Waals surface area contributed by atoms with Crippen LogP contribution in [0.3, 0.4) is 0 Å². The first-order chi connectivity index (χ1) is 21.7. The van der Waals surface area contributed by atoms with Crippen LogP contribution in [0.5, 0.6) is 0 Å². The SMILES string of the molecule is Cc1ccccc1CN(C(=O)CN(c1ccccc1Cl)S(=O)(=O)c1ccccc1)[C@H](Cc1ccccc1)C(=O)NC1CCCC1. The van der Waals surface area contributed by atoms with Crippen molar-refractivity contribution in [3.05, 3.63) is 131 Å². The minimum Gasteiger partial charge on any atom is -0.352 e. The quantitative estimate of drug-likeness (QED) is 0.190. The molecular weight excluding hydrogens is 606 g/mol. The number of anilines is 1. The number of nitrogens with one attached hydrogen (secondary N) is 1. The molecule has 4 aromatic carbocycles. The maximum absolute atomic E-state index is 14.6. The molecule has 7 nitrogen and oxygen atoms in total. The average Bonchev–Trinajstić information content (AvgIpc) is 3.56. The first kappa shape index (κ1) is 32.3. The predicted octanol–water partition coefficient (Wildman–Crippen LogP) is 6.54. The Morgan fingerprint density at radius 1 is 0.844 bits per heavy atom. The molecule has 0 radical (unpaired) electrons. The molecule has 0 unspecified atom stereocenters. The topological polar surface area (TPSA) is 86.8 Å². The molecule has 4 aromatic rings. The Balaban J connectivity index is 1.57. The van der Waals surface area contributed by atoms with Crippen molar-refractivity contribution in [2.75, 3.05) is 10.8 Å². The number of hydrogen-bond donors (Lipinski definition) is 1. The third-order valence-electron chi connectivity index (χ3n) is 8.31. The van der Waals surface area contributed by atoms with E-state index < -0.39 is 28.5 Å². The highest BCUT2D eigenvalue weighted by Gasteiger charge is 2.36. The number of halogens is 1. The van der Waals surface area contributed by atoms with Crippen molar-refractivity contribution in [1.29, 1.82) is 0 Å². The fourth-order valence-corrected chi connectivity index (χ4v) is 7.52. The van der Waals surface area contributed by atoms with Crippen molar-refractivity contribution in [3.8, 4) is 0 Å². The number of sulfonamides is 1. The lowest BCUT2D eigenvalue weighted by atomic mass is 10.0. The second-order valence-corrected chi connectivity index (χ2v) is 13.7. The van der Waals surface area contributed by atoms with Crippen molar-refractivity contribution >= 4 is 39.1 Å². The van der Waals surface area contributed by atoms with Crippen LogP contribution in [0, 0.1) is 6.92 Å². The highest BCUT2D eigenvalue weighted by Crippen LogP contribution is 2.31. The molecular formula is C36H38ClN3O4S. The second kappa shape index (κ2) is 14.8. The number of benzene rings is 4. The van der Waals surface area contributed by atoms with Crippen LogP contribution in [0.15, 0.2) is 114 Å². The fourth-order valence-electron chi connectivity index (χ4n) is 5.78. The monoisotopic (exact) mass is 643 g/mol. The van der Waals surface area contributed by atoms with Gasteiger partial charge in [0.1, 0.15) is 12.6 Å². The van der Waals surface area contributed by atoms with Crippen LogP contribution < -0.4 is 9.62 Å². The minimum absolute atomic E-state index is 0.0305. The van der Waals surface area contributed by atoms with E-state index in [2.05, 4.69) is 5.32 Å². The second-order valence-electron chi connectivity index (χ2n) is 11.4. The van der Waals surface area contributed by atoms with Gasteiger partial charge in [-0.15, -0.1) is 0 Å². The smallest absolute Gasteiger partial charge is 0.264 e. The molecule has 45 heavy (non-hydrogen) atoms. The number of carbonyl (C=O) groups is 2. The van der Waals surface area contributed by atoms with Gasteiger partial charge >= 0.3 is 0 Å². The summed E-state index contributed by atoms with van der Waals surface area (Å²) >= 11 is 6.55. The number of carbonyl (C=O) groups excluding carboxylic acids is 2. The summed E-state index contributed by atoms with van der Waals surface area (Å²) in [6.07, 6.45) is 4.15. The molecule has 9 heteroatoms. The summed E-state index contributed by atoms with van der Waals surface area (Å²) in [7, 11) is -4.21. The van der Waals surface area contributed by atoms with E-state index in [0.29, 0.717) is 0 Å². The first-order valence-electron chi connectivity index (χ1n) is 15.2. The van der Waals surface area contributed by atoms with Crippen LogP contribution in [-0.4, -0.2) is 43.8 Å². The number of amides is 2. The fraction of sp³-hybridized carbons (Fsp3) is 0.278. The Kier molecular flexibility index (Phi) is 10.6. The van der Waals surface area contributed by atoms with Gasteiger partial charge in [-0.1, -0.05) is 109 Å². The van der Waals surface area contributed by atoms with Crippen LogP contribution >= 0.6 is 11.6 Å². The van der Waals surface area contributed by atoms with Crippen LogP contribution in [0.25, 0.3) is 0 Å². The molecule has 1 aliphatic rings. The zero-order valence-corrected chi connectivity index (χ0v) is 26.9. The molecule has 1 saturated carbocycles. The molecule has 0 aromatic heterocycles. The van der Waals surface area contributed by atoms with Gasteiger partial charge in [0, 0.05) is 19.0 Å². The van der Waals surface area contributed by atoms with E-state index in [9.17, 15) is 18.0 Å². The van der Waals surface area contributed by atoms with E-state index >= 15 is 0 Å². The normalized spacial score (nSPS) is 14.1. The summed E-state index contributed by atoms with van der Waals surface area (Å²) < 4.78 is 29.2.